The van der Waals surface area contributed by atoms with Crippen LogP contribution in [0.2, 0.25) is 0 Å². The van der Waals surface area contributed by atoms with Crippen LogP contribution in [0.25, 0.3) is 0 Å². The molecule has 3 aromatic rings. The summed E-state index contributed by atoms with van der Waals surface area (Å²) in [5, 5.41) is 2.94. The average Bonchev–Trinajstić information content (AvgIpc) is 2.82. The molecule has 0 aliphatic rings. The summed E-state index contributed by atoms with van der Waals surface area (Å²) in [4.78, 5) is 13.1. The van der Waals surface area contributed by atoms with Gasteiger partial charge in [0.2, 0.25) is 5.91 Å². The summed E-state index contributed by atoms with van der Waals surface area (Å²) in [6.07, 6.45) is 0. The highest BCUT2D eigenvalue weighted by Crippen LogP contribution is 2.26. The summed E-state index contributed by atoms with van der Waals surface area (Å²) in [7, 11) is -2.47. The number of nitrogens with zero attached hydrogens (tertiary/aromatic N) is 1. The lowest BCUT2D eigenvalue weighted by atomic mass is 9.86. The molecule has 35 heavy (non-hydrogen) atoms. The Kier molecular flexibility index (Phi) is 7.90. The van der Waals surface area contributed by atoms with E-state index in [1.54, 1.807) is 24.3 Å². The van der Waals surface area contributed by atoms with Crippen molar-refractivity contribution in [3.05, 3.63) is 89.5 Å². The molecule has 186 valence electrons. The van der Waals surface area contributed by atoms with Gasteiger partial charge in [-0.05, 0) is 66.8 Å². The number of carbonyl (C=O) groups excluding carboxylic acids is 1. The van der Waals surface area contributed by atoms with Gasteiger partial charge < -0.3 is 10.1 Å². The zero-order chi connectivity index (χ0) is 25.8. The van der Waals surface area contributed by atoms with Crippen molar-refractivity contribution in [1.82, 2.24) is 5.32 Å². The monoisotopic (exact) mass is 494 g/mol. The number of rotatable bonds is 8. The number of carbonyl (C=O) groups is 1. The molecule has 0 aliphatic carbocycles. The molecule has 7 heteroatoms. The molecule has 6 nitrogen and oxygen atoms in total. The highest BCUT2D eigenvalue weighted by molar-refractivity contribution is 7.92. The van der Waals surface area contributed by atoms with Crippen molar-refractivity contribution in [3.63, 3.8) is 0 Å². The van der Waals surface area contributed by atoms with E-state index < -0.39 is 15.9 Å². The van der Waals surface area contributed by atoms with Crippen LogP contribution in [0.1, 0.15) is 50.4 Å². The summed E-state index contributed by atoms with van der Waals surface area (Å²) < 4.78 is 33.4. The fourth-order valence-electron chi connectivity index (χ4n) is 3.67. The molecule has 0 saturated heterocycles. The van der Waals surface area contributed by atoms with Crippen molar-refractivity contribution in [2.45, 2.75) is 51.0 Å². The second kappa shape index (κ2) is 10.5. The van der Waals surface area contributed by atoms with Gasteiger partial charge in [-0.2, -0.15) is 0 Å². The number of nitrogens with one attached hydrogen (secondary N) is 1. The minimum absolute atomic E-state index is 0.0371. The minimum Gasteiger partial charge on any atom is -0.497 e. The maximum absolute atomic E-state index is 13.5. The molecule has 1 atom stereocenters. The smallest absolute Gasteiger partial charge is 0.264 e. The Balaban J connectivity index is 1.84. The molecule has 0 radical (unpaired) electrons. The van der Waals surface area contributed by atoms with Crippen LogP contribution in [0.15, 0.2) is 77.7 Å². The first-order valence-electron chi connectivity index (χ1n) is 11.5. The van der Waals surface area contributed by atoms with Gasteiger partial charge in [0.15, 0.2) is 0 Å². The molecular formula is C28H34N2O4S. The van der Waals surface area contributed by atoms with Crippen LogP contribution >= 0.6 is 0 Å². The molecule has 0 spiro atoms. The van der Waals surface area contributed by atoms with E-state index in [1.165, 1.54) is 24.8 Å². The molecular weight excluding hydrogens is 460 g/mol. The highest BCUT2D eigenvalue weighted by Gasteiger charge is 2.28. The molecule has 3 rings (SSSR count). The van der Waals surface area contributed by atoms with E-state index in [2.05, 4.69) is 38.2 Å². The Labute approximate surface area is 209 Å². The topological polar surface area (TPSA) is 75.7 Å². The van der Waals surface area contributed by atoms with Crippen molar-refractivity contribution >= 4 is 21.6 Å². The first kappa shape index (κ1) is 26.3. The van der Waals surface area contributed by atoms with Crippen molar-refractivity contribution in [3.8, 4) is 5.75 Å². The van der Waals surface area contributed by atoms with Crippen molar-refractivity contribution in [2.75, 3.05) is 18.0 Å². The number of ether oxygens (including phenoxy) is 1. The first-order valence-corrected chi connectivity index (χ1v) is 13.0. The van der Waals surface area contributed by atoms with Crippen LogP contribution in [0.3, 0.4) is 0 Å². The van der Waals surface area contributed by atoms with Crippen molar-refractivity contribution < 1.29 is 17.9 Å². The van der Waals surface area contributed by atoms with E-state index in [0.29, 0.717) is 11.4 Å². The standard InChI is InChI=1S/C28H34N2O4S/c1-20-7-13-24(14-8-20)30(35(32,33)26-17-15-25(34-6)16-18-26)19-27(31)29-21(2)22-9-11-23(12-10-22)28(3,4)5/h7-18,21H,19H2,1-6H3,(H,29,31)/t21-/m1/s1. The molecule has 0 heterocycles. The van der Waals surface area contributed by atoms with E-state index in [1.807, 2.05) is 38.1 Å². The highest BCUT2D eigenvalue weighted by atomic mass is 32.2. The maximum atomic E-state index is 13.5. The molecule has 0 aromatic heterocycles. The molecule has 0 unspecified atom stereocenters. The third-order valence-electron chi connectivity index (χ3n) is 5.91. The maximum Gasteiger partial charge on any atom is 0.264 e. The Hall–Kier alpha value is -3.32. The third kappa shape index (κ3) is 6.42. The Morgan fingerprint density at radius 3 is 2.03 bits per heavy atom. The van der Waals surface area contributed by atoms with Gasteiger partial charge in [-0.1, -0.05) is 62.7 Å². The number of hydrogen-bond acceptors (Lipinski definition) is 4. The molecule has 0 fully saturated rings. The van der Waals surface area contributed by atoms with E-state index in [9.17, 15) is 13.2 Å². The van der Waals surface area contributed by atoms with Crippen LogP contribution in [0.4, 0.5) is 5.69 Å². The van der Waals surface area contributed by atoms with E-state index in [4.69, 9.17) is 4.74 Å². The Bertz CT molecular complexity index is 1240. The summed E-state index contributed by atoms with van der Waals surface area (Å²) >= 11 is 0. The van der Waals surface area contributed by atoms with Crippen molar-refractivity contribution in [2.24, 2.45) is 0 Å². The third-order valence-corrected chi connectivity index (χ3v) is 7.70. The van der Waals surface area contributed by atoms with Crippen LogP contribution < -0.4 is 14.4 Å². The number of sulfonamides is 1. The summed E-state index contributed by atoms with van der Waals surface area (Å²) in [5.74, 6) is 0.157. The van der Waals surface area contributed by atoms with Gasteiger partial charge >= 0.3 is 0 Å². The number of hydrogen-bond donors (Lipinski definition) is 1. The lowest BCUT2D eigenvalue weighted by Crippen LogP contribution is -2.41. The number of aryl methyl sites for hydroxylation is 1. The van der Waals surface area contributed by atoms with Gasteiger partial charge in [0.05, 0.1) is 23.7 Å². The summed E-state index contributed by atoms with van der Waals surface area (Å²) in [6.45, 7) is 9.91. The second-order valence-electron chi connectivity index (χ2n) is 9.68. The lowest BCUT2D eigenvalue weighted by molar-refractivity contribution is -0.120. The van der Waals surface area contributed by atoms with Gasteiger partial charge in [0, 0.05) is 0 Å². The number of amides is 1. The minimum atomic E-state index is -3.99. The second-order valence-corrected chi connectivity index (χ2v) is 11.5. The predicted octanol–water partition coefficient (Wildman–Crippen LogP) is 5.37. The quantitative estimate of drug-likeness (QED) is 0.457. The summed E-state index contributed by atoms with van der Waals surface area (Å²) in [5.41, 5.74) is 3.60. The summed E-state index contributed by atoms with van der Waals surface area (Å²) in [6, 6.07) is 21.0. The normalized spacial score (nSPS) is 12.6. The molecule has 0 saturated carbocycles. The molecule has 1 N–H and O–H groups in total. The van der Waals surface area contributed by atoms with Gasteiger partial charge in [-0.15, -0.1) is 0 Å². The molecule has 0 bridgehead atoms. The first-order chi connectivity index (χ1) is 16.4. The zero-order valence-corrected chi connectivity index (χ0v) is 22.0. The molecule has 1 amide bonds. The SMILES string of the molecule is COc1ccc(S(=O)(=O)N(CC(=O)N[C@H](C)c2ccc(C(C)(C)C)cc2)c2ccc(C)cc2)cc1. The van der Waals surface area contributed by atoms with Gasteiger partial charge in [0.25, 0.3) is 10.0 Å². The fraction of sp³-hybridized carbons (Fsp3) is 0.321. The van der Waals surface area contributed by atoms with Crippen LogP contribution in [0.5, 0.6) is 5.75 Å². The lowest BCUT2D eigenvalue weighted by Gasteiger charge is -2.25. The number of methoxy groups -OCH3 is 1. The van der Waals surface area contributed by atoms with Gasteiger partial charge in [0.1, 0.15) is 12.3 Å². The molecule has 0 aliphatic heterocycles. The average molecular weight is 495 g/mol. The van der Waals surface area contributed by atoms with E-state index in [-0.39, 0.29) is 22.9 Å². The Morgan fingerprint density at radius 2 is 1.51 bits per heavy atom. The largest absolute Gasteiger partial charge is 0.497 e. The number of benzene rings is 3. The predicted molar refractivity (Wildman–Crippen MR) is 140 cm³/mol. The van der Waals surface area contributed by atoms with E-state index in [0.717, 1.165) is 15.4 Å². The van der Waals surface area contributed by atoms with Gasteiger partial charge in [-0.25, -0.2) is 8.42 Å². The van der Waals surface area contributed by atoms with E-state index >= 15 is 0 Å². The zero-order valence-electron chi connectivity index (χ0n) is 21.2. The van der Waals surface area contributed by atoms with Crippen LogP contribution in [0, 0.1) is 6.92 Å². The van der Waals surface area contributed by atoms with Crippen LogP contribution in [-0.2, 0) is 20.2 Å². The fourth-order valence-corrected chi connectivity index (χ4v) is 5.09. The van der Waals surface area contributed by atoms with Crippen molar-refractivity contribution in [1.29, 1.82) is 0 Å². The Morgan fingerprint density at radius 1 is 0.943 bits per heavy atom. The van der Waals surface area contributed by atoms with Gasteiger partial charge in [-0.3, -0.25) is 9.10 Å². The molecule has 3 aromatic carbocycles. The van der Waals surface area contributed by atoms with Crippen LogP contribution in [-0.4, -0.2) is 28.0 Å². The number of anilines is 1.